The summed E-state index contributed by atoms with van der Waals surface area (Å²) in [5.74, 6) is 1.70. The molecule has 0 saturated heterocycles. The summed E-state index contributed by atoms with van der Waals surface area (Å²) < 4.78 is 7.73. The average Bonchev–Trinajstić information content (AvgIpc) is 2.74. The Kier molecular flexibility index (Phi) is 3.94. The maximum atomic E-state index is 5.78. The van der Waals surface area contributed by atoms with Crippen molar-refractivity contribution in [3.05, 3.63) is 41.7 Å². The summed E-state index contributed by atoms with van der Waals surface area (Å²) >= 11 is 0. The molecule has 0 aromatic carbocycles. The van der Waals surface area contributed by atoms with Crippen molar-refractivity contribution in [1.29, 1.82) is 0 Å². The fourth-order valence-electron chi connectivity index (χ4n) is 1.70. The molecule has 2 rings (SSSR count). The third-order valence-corrected chi connectivity index (χ3v) is 2.69. The molecule has 0 aliphatic carbocycles. The molecule has 0 aliphatic rings. The van der Waals surface area contributed by atoms with Crippen LogP contribution in [0.15, 0.2) is 24.5 Å². The lowest BCUT2D eigenvalue weighted by molar-refractivity contribution is 0.286. The quantitative estimate of drug-likeness (QED) is 0.867. The Morgan fingerprint density at radius 1 is 1.39 bits per heavy atom. The summed E-state index contributed by atoms with van der Waals surface area (Å²) in [5, 5.41) is 3.09. The second kappa shape index (κ2) is 5.64. The van der Waals surface area contributed by atoms with Gasteiger partial charge in [-0.3, -0.25) is 4.98 Å². The first-order valence-corrected chi connectivity index (χ1v) is 5.91. The summed E-state index contributed by atoms with van der Waals surface area (Å²) in [6.45, 7) is 3.12. The van der Waals surface area contributed by atoms with Crippen LogP contribution >= 0.6 is 0 Å². The molecule has 2 aromatic rings. The molecule has 0 amide bonds. The third kappa shape index (κ3) is 2.87. The van der Waals surface area contributed by atoms with E-state index in [9.17, 15) is 0 Å². The molecule has 0 unspecified atom stereocenters. The van der Waals surface area contributed by atoms with E-state index in [1.807, 2.05) is 43.9 Å². The number of aromatic nitrogens is 3. The Labute approximate surface area is 107 Å². The van der Waals surface area contributed by atoms with Gasteiger partial charge in [0.2, 0.25) is 0 Å². The molecule has 96 valence electrons. The van der Waals surface area contributed by atoms with E-state index in [0.29, 0.717) is 13.2 Å². The van der Waals surface area contributed by atoms with Gasteiger partial charge in [-0.25, -0.2) is 4.98 Å². The lowest BCUT2D eigenvalue weighted by Gasteiger charge is -2.11. The average molecular weight is 246 g/mol. The van der Waals surface area contributed by atoms with Gasteiger partial charge in [0, 0.05) is 31.7 Å². The van der Waals surface area contributed by atoms with Gasteiger partial charge in [0.25, 0.3) is 0 Å². The Morgan fingerprint density at radius 2 is 2.22 bits per heavy atom. The fourth-order valence-corrected chi connectivity index (χ4v) is 1.70. The monoisotopic (exact) mass is 246 g/mol. The predicted molar refractivity (Wildman–Crippen MR) is 69.3 cm³/mol. The molecule has 0 spiro atoms. The highest BCUT2D eigenvalue weighted by Gasteiger charge is 2.07. The molecule has 0 bridgehead atoms. The van der Waals surface area contributed by atoms with Gasteiger partial charge in [0.1, 0.15) is 18.2 Å². The predicted octanol–water partition coefficient (Wildman–Crippen LogP) is 1.42. The van der Waals surface area contributed by atoms with Crippen LogP contribution in [-0.4, -0.2) is 21.6 Å². The van der Waals surface area contributed by atoms with Crippen molar-refractivity contribution in [2.75, 3.05) is 7.05 Å². The maximum Gasteiger partial charge on any atom is 0.146 e. The molecular weight excluding hydrogens is 228 g/mol. The molecule has 1 N–H and O–H groups in total. The lowest BCUT2D eigenvalue weighted by atomic mass is 10.3. The summed E-state index contributed by atoms with van der Waals surface area (Å²) in [5.41, 5.74) is 1.91. The van der Waals surface area contributed by atoms with Crippen LogP contribution in [0.5, 0.6) is 5.75 Å². The summed E-state index contributed by atoms with van der Waals surface area (Å²) in [6, 6.07) is 3.91. The Hall–Kier alpha value is -1.88. The number of aryl methyl sites for hydroxylation is 2. The number of pyridine rings is 1. The van der Waals surface area contributed by atoms with Gasteiger partial charge >= 0.3 is 0 Å². The Bertz CT molecular complexity index is 521. The maximum absolute atomic E-state index is 5.78. The van der Waals surface area contributed by atoms with E-state index >= 15 is 0 Å². The van der Waals surface area contributed by atoms with Gasteiger partial charge in [-0.05, 0) is 26.1 Å². The largest absolute Gasteiger partial charge is 0.484 e. The van der Waals surface area contributed by atoms with E-state index in [0.717, 1.165) is 23.0 Å². The number of rotatable bonds is 5. The number of nitrogens with one attached hydrogen (secondary N) is 1. The minimum Gasteiger partial charge on any atom is -0.484 e. The summed E-state index contributed by atoms with van der Waals surface area (Å²) in [7, 11) is 3.85. The second-order valence-electron chi connectivity index (χ2n) is 4.17. The number of nitrogens with zero attached hydrogens (tertiary/aromatic N) is 3. The van der Waals surface area contributed by atoms with E-state index in [2.05, 4.69) is 15.3 Å². The van der Waals surface area contributed by atoms with Crippen molar-refractivity contribution in [3.8, 4) is 5.75 Å². The molecule has 5 heteroatoms. The van der Waals surface area contributed by atoms with Gasteiger partial charge in [-0.1, -0.05) is 0 Å². The lowest BCUT2D eigenvalue weighted by Crippen LogP contribution is -2.11. The molecule has 0 atom stereocenters. The van der Waals surface area contributed by atoms with E-state index in [-0.39, 0.29) is 0 Å². The zero-order chi connectivity index (χ0) is 13.0. The van der Waals surface area contributed by atoms with E-state index in [1.165, 1.54) is 0 Å². The minimum absolute atomic E-state index is 0.449. The standard InChI is InChI=1S/C13H18N4O/c1-10-4-5-12(11(16-10)8-14-2)18-9-13-15-6-7-17(13)3/h4-7,14H,8-9H2,1-3H3. The van der Waals surface area contributed by atoms with Gasteiger partial charge in [-0.2, -0.15) is 0 Å². The zero-order valence-electron chi connectivity index (χ0n) is 11.0. The van der Waals surface area contributed by atoms with Crippen molar-refractivity contribution in [1.82, 2.24) is 19.9 Å². The molecule has 5 nitrogen and oxygen atoms in total. The first-order valence-electron chi connectivity index (χ1n) is 5.91. The normalized spacial score (nSPS) is 10.6. The van der Waals surface area contributed by atoms with Crippen LogP contribution < -0.4 is 10.1 Å². The highest BCUT2D eigenvalue weighted by molar-refractivity contribution is 5.29. The van der Waals surface area contributed by atoms with Crippen LogP contribution in [0, 0.1) is 6.92 Å². The minimum atomic E-state index is 0.449. The Balaban J connectivity index is 2.11. The van der Waals surface area contributed by atoms with Crippen LogP contribution in [0.1, 0.15) is 17.2 Å². The highest BCUT2D eigenvalue weighted by Crippen LogP contribution is 2.18. The van der Waals surface area contributed by atoms with Crippen molar-refractivity contribution in [2.24, 2.45) is 7.05 Å². The van der Waals surface area contributed by atoms with Crippen molar-refractivity contribution in [3.63, 3.8) is 0 Å². The summed E-state index contributed by atoms with van der Waals surface area (Å²) in [4.78, 5) is 8.70. The van der Waals surface area contributed by atoms with E-state index in [4.69, 9.17) is 4.74 Å². The molecule has 18 heavy (non-hydrogen) atoms. The van der Waals surface area contributed by atoms with E-state index in [1.54, 1.807) is 6.20 Å². The van der Waals surface area contributed by atoms with Crippen LogP contribution in [0.4, 0.5) is 0 Å². The molecule has 0 saturated carbocycles. The van der Waals surface area contributed by atoms with Gasteiger partial charge < -0.3 is 14.6 Å². The van der Waals surface area contributed by atoms with Crippen LogP contribution in [0.25, 0.3) is 0 Å². The molecule has 2 aromatic heterocycles. The summed E-state index contributed by atoms with van der Waals surface area (Å²) in [6.07, 6.45) is 3.67. The number of ether oxygens (including phenoxy) is 1. The zero-order valence-corrected chi connectivity index (χ0v) is 11.0. The van der Waals surface area contributed by atoms with Crippen LogP contribution in [0.3, 0.4) is 0 Å². The third-order valence-electron chi connectivity index (χ3n) is 2.69. The van der Waals surface area contributed by atoms with Crippen molar-refractivity contribution < 1.29 is 4.74 Å². The fraction of sp³-hybridized carbons (Fsp3) is 0.385. The topological polar surface area (TPSA) is 52.0 Å². The van der Waals surface area contributed by atoms with E-state index < -0.39 is 0 Å². The van der Waals surface area contributed by atoms with Crippen molar-refractivity contribution >= 4 is 0 Å². The van der Waals surface area contributed by atoms with Gasteiger partial charge in [0.05, 0.1) is 5.69 Å². The number of imidazole rings is 1. The first-order chi connectivity index (χ1) is 8.70. The molecule has 0 radical (unpaired) electrons. The smallest absolute Gasteiger partial charge is 0.146 e. The molecule has 0 aliphatic heterocycles. The molecular formula is C13H18N4O. The van der Waals surface area contributed by atoms with Gasteiger partial charge in [0.15, 0.2) is 0 Å². The van der Waals surface area contributed by atoms with Crippen molar-refractivity contribution in [2.45, 2.75) is 20.1 Å². The Morgan fingerprint density at radius 3 is 2.89 bits per heavy atom. The van der Waals surface area contributed by atoms with Crippen LogP contribution in [0.2, 0.25) is 0 Å². The van der Waals surface area contributed by atoms with Crippen LogP contribution in [-0.2, 0) is 20.2 Å². The molecule has 2 heterocycles. The highest BCUT2D eigenvalue weighted by atomic mass is 16.5. The number of hydrogen-bond acceptors (Lipinski definition) is 4. The number of hydrogen-bond donors (Lipinski definition) is 1. The van der Waals surface area contributed by atoms with Gasteiger partial charge in [-0.15, -0.1) is 0 Å². The SMILES string of the molecule is CNCc1nc(C)ccc1OCc1nccn1C. The molecule has 0 fully saturated rings. The second-order valence-corrected chi connectivity index (χ2v) is 4.17. The first kappa shape index (κ1) is 12.6.